The molecule has 1 aromatic rings. The summed E-state index contributed by atoms with van der Waals surface area (Å²) in [7, 11) is 0. The van der Waals surface area contributed by atoms with E-state index in [9.17, 15) is 0 Å². The number of aryl methyl sites for hydroxylation is 1. The SMILES string of the molecule is CCn1ccnc1CC(N)CCC1CCCCO1. The number of aromatic nitrogens is 2. The Labute approximate surface area is 110 Å². The number of nitrogens with two attached hydrogens (primary N) is 1. The van der Waals surface area contributed by atoms with Crippen LogP contribution in [0.25, 0.3) is 0 Å². The molecule has 0 amide bonds. The molecule has 4 nitrogen and oxygen atoms in total. The van der Waals surface area contributed by atoms with Crippen LogP contribution in [0.4, 0.5) is 0 Å². The molecule has 0 radical (unpaired) electrons. The first-order valence-corrected chi connectivity index (χ1v) is 7.16. The van der Waals surface area contributed by atoms with E-state index in [4.69, 9.17) is 10.5 Å². The van der Waals surface area contributed by atoms with Gasteiger partial charge in [0.05, 0.1) is 6.10 Å². The van der Waals surface area contributed by atoms with E-state index in [-0.39, 0.29) is 6.04 Å². The molecule has 0 saturated carbocycles. The Balaban J connectivity index is 1.72. The van der Waals surface area contributed by atoms with Crippen molar-refractivity contribution in [3.05, 3.63) is 18.2 Å². The zero-order valence-corrected chi connectivity index (χ0v) is 11.3. The minimum Gasteiger partial charge on any atom is -0.378 e. The summed E-state index contributed by atoms with van der Waals surface area (Å²) in [6, 6.07) is 0.197. The largest absolute Gasteiger partial charge is 0.378 e. The van der Waals surface area contributed by atoms with Crippen molar-refractivity contribution in [2.75, 3.05) is 6.61 Å². The van der Waals surface area contributed by atoms with Crippen molar-refractivity contribution in [3.8, 4) is 0 Å². The van der Waals surface area contributed by atoms with Crippen LogP contribution in [-0.4, -0.2) is 28.3 Å². The highest BCUT2D eigenvalue weighted by molar-refractivity contribution is 4.95. The number of hydrogen-bond donors (Lipinski definition) is 1. The summed E-state index contributed by atoms with van der Waals surface area (Å²) in [5, 5.41) is 0. The van der Waals surface area contributed by atoms with Crippen LogP contribution < -0.4 is 5.73 Å². The molecule has 1 aliphatic heterocycles. The van der Waals surface area contributed by atoms with E-state index in [1.54, 1.807) is 0 Å². The van der Waals surface area contributed by atoms with Gasteiger partial charge in [-0.1, -0.05) is 0 Å². The Morgan fingerprint density at radius 1 is 1.56 bits per heavy atom. The molecule has 1 saturated heterocycles. The van der Waals surface area contributed by atoms with Gasteiger partial charge in [0.15, 0.2) is 0 Å². The van der Waals surface area contributed by atoms with Crippen LogP contribution in [0.15, 0.2) is 12.4 Å². The minimum absolute atomic E-state index is 0.197. The van der Waals surface area contributed by atoms with E-state index < -0.39 is 0 Å². The lowest BCUT2D eigenvalue weighted by atomic mass is 10.0. The van der Waals surface area contributed by atoms with Gasteiger partial charge in [0.1, 0.15) is 5.82 Å². The molecule has 18 heavy (non-hydrogen) atoms. The van der Waals surface area contributed by atoms with Crippen LogP contribution in [0, 0.1) is 0 Å². The van der Waals surface area contributed by atoms with Crippen LogP contribution in [-0.2, 0) is 17.7 Å². The summed E-state index contributed by atoms with van der Waals surface area (Å²) in [5.41, 5.74) is 6.20. The fourth-order valence-electron chi connectivity index (χ4n) is 2.59. The molecule has 0 spiro atoms. The Kier molecular flexibility index (Phi) is 5.20. The van der Waals surface area contributed by atoms with Gasteiger partial charge < -0.3 is 15.0 Å². The second-order valence-electron chi connectivity index (χ2n) is 5.16. The van der Waals surface area contributed by atoms with Gasteiger partial charge in [-0.2, -0.15) is 0 Å². The molecule has 2 heterocycles. The normalized spacial score (nSPS) is 22.0. The number of hydrogen-bond acceptors (Lipinski definition) is 3. The van der Waals surface area contributed by atoms with Gasteiger partial charge in [0.25, 0.3) is 0 Å². The maximum atomic E-state index is 6.20. The van der Waals surface area contributed by atoms with Crippen LogP contribution in [0.5, 0.6) is 0 Å². The number of imidazole rings is 1. The van der Waals surface area contributed by atoms with E-state index in [1.807, 2.05) is 12.4 Å². The summed E-state index contributed by atoms with van der Waals surface area (Å²) in [6.07, 6.45) is 11.0. The van der Waals surface area contributed by atoms with E-state index in [2.05, 4.69) is 16.5 Å². The zero-order valence-electron chi connectivity index (χ0n) is 11.3. The third-order valence-electron chi connectivity index (χ3n) is 3.72. The maximum Gasteiger partial charge on any atom is 0.110 e. The Bertz CT molecular complexity index is 345. The second-order valence-corrected chi connectivity index (χ2v) is 5.16. The smallest absolute Gasteiger partial charge is 0.110 e. The van der Waals surface area contributed by atoms with Crippen LogP contribution in [0.1, 0.15) is 44.9 Å². The Morgan fingerprint density at radius 3 is 3.17 bits per heavy atom. The molecular weight excluding hydrogens is 226 g/mol. The van der Waals surface area contributed by atoms with Gasteiger partial charge in [0.2, 0.25) is 0 Å². The highest BCUT2D eigenvalue weighted by Crippen LogP contribution is 2.18. The lowest BCUT2D eigenvalue weighted by Crippen LogP contribution is -2.28. The first-order valence-electron chi connectivity index (χ1n) is 7.16. The standard InChI is InChI=1S/C14H25N3O/c1-2-17-9-8-16-14(17)11-12(15)6-7-13-5-3-4-10-18-13/h8-9,12-13H,2-7,10-11,15H2,1H3. The van der Waals surface area contributed by atoms with Gasteiger partial charge in [0, 0.05) is 38.0 Å². The Morgan fingerprint density at radius 2 is 2.44 bits per heavy atom. The molecule has 2 rings (SSSR count). The molecule has 1 aromatic heterocycles. The summed E-state index contributed by atoms with van der Waals surface area (Å²) in [5.74, 6) is 1.11. The molecule has 1 fully saturated rings. The first-order chi connectivity index (χ1) is 8.79. The predicted molar refractivity (Wildman–Crippen MR) is 72.4 cm³/mol. The molecule has 2 N–H and O–H groups in total. The third kappa shape index (κ3) is 3.82. The number of rotatable bonds is 6. The molecule has 102 valence electrons. The molecule has 4 heteroatoms. The van der Waals surface area contributed by atoms with Gasteiger partial charge in [-0.15, -0.1) is 0 Å². The molecule has 2 atom stereocenters. The van der Waals surface area contributed by atoms with Crippen molar-refractivity contribution >= 4 is 0 Å². The van der Waals surface area contributed by atoms with Gasteiger partial charge in [-0.05, 0) is 39.0 Å². The van der Waals surface area contributed by atoms with Crippen LogP contribution in [0.2, 0.25) is 0 Å². The quantitative estimate of drug-likeness (QED) is 0.842. The molecule has 0 aromatic carbocycles. The summed E-state index contributed by atoms with van der Waals surface area (Å²) in [4.78, 5) is 4.37. The third-order valence-corrected chi connectivity index (χ3v) is 3.72. The summed E-state index contributed by atoms with van der Waals surface area (Å²) in [6.45, 7) is 4.03. The summed E-state index contributed by atoms with van der Waals surface area (Å²) < 4.78 is 7.90. The van der Waals surface area contributed by atoms with Crippen LogP contribution >= 0.6 is 0 Å². The number of nitrogens with zero attached hydrogens (tertiary/aromatic N) is 2. The topological polar surface area (TPSA) is 53.1 Å². The van der Waals surface area contributed by atoms with Crippen molar-refractivity contribution < 1.29 is 4.74 Å². The van der Waals surface area contributed by atoms with Crippen molar-refractivity contribution in [2.45, 2.75) is 64.1 Å². The first kappa shape index (κ1) is 13.6. The zero-order chi connectivity index (χ0) is 12.8. The van der Waals surface area contributed by atoms with E-state index >= 15 is 0 Å². The van der Waals surface area contributed by atoms with Crippen molar-refractivity contribution in [1.29, 1.82) is 0 Å². The molecule has 0 aliphatic carbocycles. The van der Waals surface area contributed by atoms with Crippen molar-refractivity contribution in [2.24, 2.45) is 5.73 Å². The van der Waals surface area contributed by atoms with Gasteiger partial charge in [-0.25, -0.2) is 4.98 Å². The fraction of sp³-hybridized carbons (Fsp3) is 0.786. The van der Waals surface area contributed by atoms with Crippen LogP contribution in [0.3, 0.4) is 0 Å². The van der Waals surface area contributed by atoms with Crippen molar-refractivity contribution in [1.82, 2.24) is 9.55 Å². The Hall–Kier alpha value is -0.870. The monoisotopic (exact) mass is 251 g/mol. The maximum absolute atomic E-state index is 6.20. The van der Waals surface area contributed by atoms with Gasteiger partial charge in [-0.3, -0.25) is 0 Å². The average molecular weight is 251 g/mol. The predicted octanol–water partition coefficient (Wildman–Crippen LogP) is 2.12. The highest BCUT2D eigenvalue weighted by atomic mass is 16.5. The van der Waals surface area contributed by atoms with E-state index in [0.29, 0.717) is 6.10 Å². The van der Waals surface area contributed by atoms with E-state index in [0.717, 1.165) is 38.2 Å². The number of ether oxygens (including phenoxy) is 1. The van der Waals surface area contributed by atoms with Crippen molar-refractivity contribution in [3.63, 3.8) is 0 Å². The summed E-state index contributed by atoms with van der Waals surface area (Å²) >= 11 is 0. The lowest BCUT2D eigenvalue weighted by Gasteiger charge is -2.23. The minimum atomic E-state index is 0.197. The average Bonchev–Trinajstić information content (AvgIpc) is 2.85. The van der Waals surface area contributed by atoms with Gasteiger partial charge >= 0.3 is 0 Å². The molecule has 2 unspecified atom stereocenters. The molecule has 0 bridgehead atoms. The second kappa shape index (κ2) is 6.90. The fourth-order valence-corrected chi connectivity index (χ4v) is 2.59. The molecule has 1 aliphatic rings. The highest BCUT2D eigenvalue weighted by Gasteiger charge is 2.16. The van der Waals surface area contributed by atoms with E-state index in [1.165, 1.54) is 19.3 Å². The molecular formula is C14H25N3O. The lowest BCUT2D eigenvalue weighted by molar-refractivity contribution is 0.00912.